The summed E-state index contributed by atoms with van der Waals surface area (Å²) in [4.78, 5) is 23.1. The van der Waals surface area contributed by atoms with Gasteiger partial charge in [-0.3, -0.25) is 0 Å². The van der Waals surface area contributed by atoms with E-state index in [2.05, 4.69) is 9.97 Å². The van der Waals surface area contributed by atoms with Gasteiger partial charge in [-0.2, -0.15) is 4.98 Å². The molecule has 0 N–H and O–H groups in total. The number of nitrogens with zero attached hydrogens (tertiary/aromatic N) is 3. The zero-order valence-electron chi connectivity index (χ0n) is 13.7. The van der Waals surface area contributed by atoms with E-state index in [0.717, 1.165) is 29.9 Å². The molecule has 6 heteroatoms. The van der Waals surface area contributed by atoms with Crippen LogP contribution in [0.3, 0.4) is 0 Å². The summed E-state index contributed by atoms with van der Waals surface area (Å²) in [5, 5.41) is 0. The fraction of sp³-hybridized carbons (Fsp3) is 0.688. The van der Waals surface area contributed by atoms with Gasteiger partial charge in [-0.05, 0) is 40.0 Å². The van der Waals surface area contributed by atoms with Crippen LogP contribution in [0.1, 0.15) is 56.6 Å². The molecule has 1 aromatic rings. The Morgan fingerprint density at radius 2 is 2.00 bits per heavy atom. The fourth-order valence-corrected chi connectivity index (χ4v) is 2.59. The van der Waals surface area contributed by atoms with E-state index in [1.807, 2.05) is 20.8 Å². The fourth-order valence-electron chi connectivity index (χ4n) is 2.59. The van der Waals surface area contributed by atoms with Gasteiger partial charge in [0.05, 0.1) is 19.3 Å². The third-order valence-electron chi connectivity index (χ3n) is 3.83. The normalized spacial score (nSPS) is 17.9. The van der Waals surface area contributed by atoms with Crippen LogP contribution in [0, 0.1) is 0 Å². The van der Waals surface area contributed by atoms with Gasteiger partial charge in [-0.1, -0.05) is 0 Å². The molecule has 1 fully saturated rings. The van der Waals surface area contributed by atoms with Crippen molar-refractivity contribution >= 4 is 6.09 Å². The number of ether oxygens (including phenoxy) is 2. The van der Waals surface area contributed by atoms with Crippen LogP contribution in [-0.4, -0.2) is 40.2 Å². The SMILES string of the molecule is COc1nc(C2CC2)nc2c1CCN(C(=O)OC(C)(C)C)C2. The van der Waals surface area contributed by atoms with Crippen LogP contribution < -0.4 is 4.74 Å². The smallest absolute Gasteiger partial charge is 0.410 e. The van der Waals surface area contributed by atoms with Gasteiger partial charge in [-0.25, -0.2) is 9.78 Å². The van der Waals surface area contributed by atoms with E-state index in [1.165, 1.54) is 0 Å². The number of aromatic nitrogens is 2. The molecular weight excluding hydrogens is 282 g/mol. The first-order valence-corrected chi connectivity index (χ1v) is 7.79. The first-order valence-electron chi connectivity index (χ1n) is 7.79. The molecule has 1 amide bonds. The molecule has 3 rings (SSSR count). The second-order valence-corrected chi connectivity index (χ2v) is 6.94. The van der Waals surface area contributed by atoms with E-state index >= 15 is 0 Å². The Morgan fingerprint density at radius 3 is 2.59 bits per heavy atom. The molecular formula is C16H23N3O3. The molecule has 0 aromatic carbocycles. The molecule has 22 heavy (non-hydrogen) atoms. The predicted molar refractivity (Wildman–Crippen MR) is 80.9 cm³/mol. The van der Waals surface area contributed by atoms with Crippen LogP contribution in [0.15, 0.2) is 0 Å². The summed E-state index contributed by atoms with van der Waals surface area (Å²) in [5.74, 6) is 1.97. The first-order chi connectivity index (χ1) is 10.4. The van der Waals surface area contributed by atoms with E-state index < -0.39 is 5.60 Å². The molecule has 1 saturated carbocycles. The number of methoxy groups -OCH3 is 1. The number of hydrogen-bond donors (Lipinski definition) is 0. The number of fused-ring (bicyclic) bond motifs is 1. The van der Waals surface area contributed by atoms with Crippen molar-refractivity contribution in [3.8, 4) is 5.88 Å². The Kier molecular flexibility index (Phi) is 3.70. The van der Waals surface area contributed by atoms with Gasteiger partial charge in [0.15, 0.2) is 0 Å². The van der Waals surface area contributed by atoms with E-state index in [9.17, 15) is 4.79 Å². The highest BCUT2D eigenvalue weighted by Crippen LogP contribution is 2.40. The standard InChI is InChI=1S/C16H23N3O3/c1-16(2,3)22-15(20)19-8-7-11-12(9-19)17-13(10-5-6-10)18-14(11)21-4/h10H,5-9H2,1-4H3. The van der Waals surface area contributed by atoms with Crippen molar-refractivity contribution in [2.24, 2.45) is 0 Å². The van der Waals surface area contributed by atoms with Crippen molar-refractivity contribution in [1.82, 2.24) is 14.9 Å². The van der Waals surface area contributed by atoms with Crippen molar-refractivity contribution in [3.05, 3.63) is 17.1 Å². The maximum absolute atomic E-state index is 12.2. The Balaban J connectivity index is 1.82. The quantitative estimate of drug-likeness (QED) is 0.840. The summed E-state index contributed by atoms with van der Waals surface area (Å²) in [6.45, 7) is 6.69. The third kappa shape index (κ3) is 3.15. The molecule has 0 atom stereocenters. The molecule has 1 aliphatic carbocycles. The van der Waals surface area contributed by atoms with Crippen LogP contribution in [0.25, 0.3) is 0 Å². The van der Waals surface area contributed by atoms with Crippen molar-refractivity contribution in [1.29, 1.82) is 0 Å². The predicted octanol–water partition coefficient (Wildman–Crippen LogP) is 2.66. The van der Waals surface area contributed by atoms with Gasteiger partial charge in [0.2, 0.25) is 5.88 Å². The van der Waals surface area contributed by atoms with E-state index in [4.69, 9.17) is 9.47 Å². The first kappa shape index (κ1) is 15.1. The summed E-state index contributed by atoms with van der Waals surface area (Å²) in [6, 6.07) is 0. The number of rotatable bonds is 2. The van der Waals surface area contributed by atoms with Crippen LogP contribution in [0.2, 0.25) is 0 Å². The maximum atomic E-state index is 12.2. The molecule has 0 radical (unpaired) electrons. The minimum atomic E-state index is -0.486. The number of hydrogen-bond acceptors (Lipinski definition) is 5. The molecule has 0 unspecified atom stereocenters. The molecule has 1 aromatic heterocycles. The Labute approximate surface area is 130 Å². The molecule has 1 aliphatic heterocycles. The average molecular weight is 305 g/mol. The Hall–Kier alpha value is -1.85. The van der Waals surface area contributed by atoms with Gasteiger partial charge in [0, 0.05) is 18.0 Å². The molecule has 0 bridgehead atoms. The van der Waals surface area contributed by atoms with Gasteiger partial charge in [0.25, 0.3) is 0 Å². The maximum Gasteiger partial charge on any atom is 0.410 e. The van der Waals surface area contributed by atoms with Crippen LogP contribution in [0.4, 0.5) is 4.79 Å². The minimum Gasteiger partial charge on any atom is -0.481 e. The van der Waals surface area contributed by atoms with Crippen molar-refractivity contribution < 1.29 is 14.3 Å². The molecule has 6 nitrogen and oxygen atoms in total. The van der Waals surface area contributed by atoms with Crippen LogP contribution in [-0.2, 0) is 17.7 Å². The van der Waals surface area contributed by atoms with E-state index in [0.29, 0.717) is 31.3 Å². The van der Waals surface area contributed by atoms with Gasteiger partial charge < -0.3 is 14.4 Å². The lowest BCUT2D eigenvalue weighted by atomic mass is 10.1. The monoisotopic (exact) mass is 305 g/mol. The third-order valence-corrected chi connectivity index (χ3v) is 3.83. The Bertz CT molecular complexity index is 591. The van der Waals surface area contributed by atoms with E-state index in [-0.39, 0.29) is 6.09 Å². The van der Waals surface area contributed by atoms with Gasteiger partial charge in [-0.15, -0.1) is 0 Å². The topological polar surface area (TPSA) is 64.6 Å². The molecule has 120 valence electrons. The molecule has 2 heterocycles. The van der Waals surface area contributed by atoms with Crippen molar-refractivity contribution in [2.45, 2.75) is 58.1 Å². The highest BCUT2D eigenvalue weighted by atomic mass is 16.6. The minimum absolute atomic E-state index is 0.288. The summed E-state index contributed by atoms with van der Waals surface area (Å²) < 4.78 is 10.9. The van der Waals surface area contributed by atoms with Gasteiger partial charge >= 0.3 is 6.09 Å². The van der Waals surface area contributed by atoms with Crippen molar-refractivity contribution in [3.63, 3.8) is 0 Å². The lowest BCUT2D eigenvalue weighted by molar-refractivity contribution is 0.0219. The number of amides is 1. The summed E-state index contributed by atoms with van der Waals surface area (Å²) >= 11 is 0. The molecule has 0 spiro atoms. The highest BCUT2D eigenvalue weighted by Gasteiger charge is 2.32. The summed E-state index contributed by atoms with van der Waals surface area (Å²) in [6.07, 6.45) is 2.68. The number of carbonyl (C=O) groups excluding carboxylic acids is 1. The zero-order chi connectivity index (χ0) is 15.9. The van der Waals surface area contributed by atoms with Crippen LogP contribution in [0.5, 0.6) is 5.88 Å². The van der Waals surface area contributed by atoms with E-state index in [1.54, 1.807) is 12.0 Å². The van der Waals surface area contributed by atoms with Crippen LogP contribution >= 0.6 is 0 Å². The highest BCUT2D eigenvalue weighted by molar-refractivity contribution is 5.68. The summed E-state index contributed by atoms with van der Waals surface area (Å²) in [5.41, 5.74) is 1.43. The molecule has 0 saturated heterocycles. The second kappa shape index (κ2) is 5.41. The Morgan fingerprint density at radius 1 is 1.27 bits per heavy atom. The summed E-state index contributed by atoms with van der Waals surface area (Å²) in [7, 11) is 1.64. The molecule has 2 aliphatic rings. The zero-order valence-corrected chi connectivity index (χ0v) is 13.7. The largest absolute Gasteiger partial charge is 0.481 e. The lowest BCUT2D eigenvalue weighted by Crippen LogP contribution is -2.40. The van der Waals surface area contributed by atoms with Crippen molar-refractivity contribution in [2.75, 3.05) is 13.7 Å². The number of carbonyl (C=O) groups is 1. The average Bonchev–Trinajstić information content (AvgIpc) is 3.28. The lowest BCUT2D eigenvalue weighted by Gasteiger charge is -2.31. The van der Waals surface area contributed by atoms with Gasteiger partial charge in [0.1, 0.15) is 11.4 Å². The second-order valence-electron chi connectivity index (χ2n) is 6.94.